The average Bonchev–Trinajstić information content (AvgIpc) is 3.48. The Morgan fingerprint density at radius 1 is 1.00 bits per heavy atom. The number of hydrogen-bond donors (Lipinski definition) is 1. The number of methoxy groups -OCH3 is 1. The molecule has 0 heterocycles. The number of rotatable bonds is 11. The molecular formula is C32H38ClN3O5S. The zero-order valence-electron chi connectivity index (χ0n) is 24.5. The molecule has 0 aromatic heterocycles. The maximum atomic E-state index is 14.2. The molecule has 4 rings (SSSR count). The SMILES string of the molecule is COc1ccc(C)cc1N(CC(=O)N(Cc1ccccc1Cl)C(C)C(=O)NC1CCCC1)S(=O)(=O)c1ccc(C)cc1. The van der Waals surface area contributed by atoms with E-state index in [1.165, 1.54) is 24.1 Å². The second-order valence-electron chi connectivity index (χ2n) is 10.8. The number of ether oxygens (including phenoxy) is 1. The van der Waals surface area contributed by atoms with Gasteiger partial charge in [-0.05, 0) is 75.1 Å². The molecule has 3 aromatic carbocycles. The summed E-state index contributed by atoms with van der Waals surface area (Å²) in [5, 5.41) is 3.52. The van der Waals surface area contributed by atoms with E-state index >= 15 is 0 Å². The Hall–Kier alpha value is -3.56. The average molecular weight is 612 g/mol. The molecule has 0 saturated heterocycles. The van der Waals surface area contributed by atoms with Crippen molar-refractivity contribution in [3.63, 3.8) is 0 Å². The predicted molar refractivity (Wildman–Crippen MR) is 165 cm³/mol. The highest BCUT2D eigenvalue weighted by atomic mass is 35.5. The summed E-state index contributed by atoms with van der Waals surface area (Å²) in [7, 11) is -2.77. The Labute approximate surface area is 253 Å². The Morgan fingerprint density at radius 2 is 1.64 bits per heavy atom. The minimum atomic E-state index is -4.22. The molecule has 10 heteroatoms. The van der Waals surface area contributed by atoms with Gasteiger partial charge in [0.15, 0.2) is 0 Å². The van der Waals surface area contributed by atoms with Crippen LogP contribution in [0, 0.1) is 13.8 Å². The van der Waals surface area contributed by atoms with Crippen LogP contribution in [0.5, 0.6) is 5.75 Å². The van der Waals surface area contributed by atoms with Crippen LogP contribution < -0.4 is 14.4 Å². The van der Waals surface area contributed by atoms with Crippen LogP contribution in [-0.4, -0.2) is 50.9 Å². The molecule has 3 aromatic rings. The summed E-state index contributed by atoms with van der Waals surface area (Å²) in [6.45, 7) is 4.83. The van der Waals surface area contributed by atoms with Gasteiger partial charge in [0, 0.05) is 17.6 Å². The van der Waals surface area contributed by atoms with Gasteiger partial charge in [-0.25, -0.2) is 8.42 Å². The van der Waals surface area contributed by atoms with Crippen molar-refractivity contribution in [1.29, 1.82) is 0 Å². The van der Waals surface area contributed by atoms with E-state index in [4.69, 9.17) is 16.3 Å². The number of carbonyl (C=O) groups is 2. The molecule has 1 aliphatic rings. The number of benzene rings is 3. The van der Waals surface area contributed by atoms with Gasteiger partial charge >= 0.3 is 0 Å². The lowest BCUT2D eigenvalue weighted by atomic mass is 10.1. The van der Waals surface area contributed by atoms with E-state index < -0.39 is 28.5 Å². The number of halogens is 1. The zero-order chi connectivity index (χ0) is 30.4. The van der Waals surface area contributed by atoms with Crippen molar-refractivity contribution in [3.05, 3.63) is 88.4 Å². The Bertz CT molecular complexity index is 1520. The molecule has 1 unspecified atom stereocenters. The lowest BCUT2D eigenvalue weighted by Gasteiger charge is -2.33. The summed E-state index contributed by atoms with van der Waals surface area (Å²) in [5.41, 5.74) is 2.57. The lowest BCUT2D eigenvalue weighted by molar-refractivity contribution is -0.139. The highest BCUT2D eigenvalue weighted by Gasteiger charge is 2.34. The molecule has 1 N–H and O–H groups in total. The summed E-state index contributed by atoms with van der Waals surface area (Å²) in [6.07, 6.45) is 3.89. The van der Waals surface area contributed by atoms with E-state index in [9.17, 15) is 18.0 Å². The highest BCUT2D eigenvalue weighted by Crippen LogP contribution is 2.34. The van der Waals surface area contributed by atoms with E-state index in [1.807, 2.05) is 13.8 Å². The van der Waals surface area contributed by atoms with Crippen molar-refractivity contribution >= 4 is 39.1 Å². The maximum absolute atomic E-state index is 14.2. The smallest absolute Gasteiger partial charge is 0.264 e. The van der Waals surface area contributed by atoms with Crippen LogP contribution in [-0.2, 0) is 26.2 Å². The largest absolute Gasteiger partial charge is 0.495 e. The minimum absolute atomic E-state index is 0.0289. The van der Waals surface area contributed by atoms with E-state index in [0.29, 0.717) is 16.3 Å². The number of aryl methyl sites for hydroxylation is 2. The number of nitrogens with zero attached hydrogens (tertiary/aromatic N) is 2. The summed E-state index contributed by atoms with van der Waals surface area (Å²) >= 11 is 6.46. The third-order valence-corrected chi connectivity index (χ3v) is 9.80. The Balaban J connectivity index is 1.75. The van der Waals surface area contributed by atoms with Crippen molar-refractivity contribution in [3.8, 4) is 5.75 Å². The standard InChI is InChI=1S/C32H38ClN3O5S/c1-22-13-16-27(17-14-22)42(39,40)36(29-19-23(2)15-18-30(29)41-4)21-31(37)35(20-25-9-5-8-12-28(25)33)24(3)32(38)34-26-10-6-7-11-26/h5,8-9,12-19,24,26H,6-7,10-11,20-21H2,1-4H3,(H,34,38). The van der Waals surface area contributed by atoms with Crippen molar-refractivity contribution in [1.82, 2.24) is 10.2 Å². The zero-order valence-corrected chi connectivity index (χ0v) is 26.0. The molecule has 0 spiro atoms. The molecule has 1 atom stereocenters. The van der Waals surface area contributed by atoms with Crippen molar-refractivity contribution in [2.75, 3.05) is 18.0 Å². The number of nitrogens with one attached hydrogen (secondary N) is 1. The topological polar surface area (TPSA) is 96.0 Å². The summed E-state index contributed by atoms with van der Waals surface area (Å²) in [5.74, 6) is -0.541. The number of amides is 2. The van der Waals surface area contributed by atoms with Crippen molar-refractivity contribution < 1.29 is 22.7 Å². The van der Waals surface area contributed by atoms with Gasteiger partial charge in [-0.2, -0.15) is 0 Å². The van der Waals surface area contributed by atoms with Crippen LogP contribution in [0.25, 0.3) is 0 Å². The Morgan fingerprint density at radius 3 is 2.29 bits per heavy atom. The summed E-state index contributed by atoms with van der Waals surface area (Å²) in [6, 6.07) is 17.9. The monoisotopic (exact) mass is 611 g/mol. The first-order valence-electron chi connectivity index (χ1n) is 14.1. The molecule has 8 nitrogen and oxygen atoms in total. The lowest BCUT2D eigenvalue weighted by Crippen LogP contribution is -2.52. The summed E-state index contributed by atoms with van der Waals surface area (Å²) in [4.78, 5) is 29.0. The number of sulfonamides is 1. The third-order valence-electron chi connectivity index (χ3n) is 7.66. The van der Waals surface area contributed by atoms with Crippen LogP contribution in [0.15, 0.2) is 71.6 Å². The van der Waals surface area contributed by atoms with Crippen LogP contribution >= 0.6 is 11.6 Å². The Kier molecular flexibility index (Phi) is 10.2. The highest BCUT2D eigenvalue weighted by molar-refractivity contribution is 7.92. The summed E-state index contributed by atoms with van der Waals surface area (Å²) < 4.78 is 34.8. The van der Waals surface area contributed by atoms with Crippen molar-refractivity contribution in [2.45, 2.75) is 70.0 Å². The second-order valence-corrected chi connectivity index (χ2v) is 13.0. The number of carbonyl (C=O) groups excluding carboxylic acids is 2. The molecule has 42 heavy (non-hydrogen) atoms. The number of anilines is 1. The molecular weight excluding hydrogens is 574 g/mol. The maximum Gasteiger partial charge on any atom is 0.264 e. The van der Waals surface area contributed by atoms with Crippen LogP contribution in [0.2, 0.25) is 5.02 Å². The molecule has 1 fully saturated rings. The van der Waals surface area contributed by atoms with Gasteiger partial charge in [0.1, 0.15) is 18.3 Å². The van der Waals surface area contributed by atoms with E-state index in [-0.39, 0.29) is 29.1 Å². The molecule has 1 saturated carbocycles. The van der Waals surface area contributed by atoms with Crippen LogP contribution in [0.4, 0.5) is 5.69 Å². The van der Waals surface area contributed by atoms with E-state index in [1.54, 1.807) is 61.5 Å². The van der Waals surface area contributed by atoms with Gasteiger partial charge in [-0.15, -0.1) is 0 Å². The van der Waals surface area contributed by atoms with Gasteiger partial charge in [0.2, 0.25) is 11.8 Å². The molecule has 1 aliphatic carbocycles. The first-order valence-corrected chi connectivity index (χ1v) is 15.9. The predicted octanol–water partition coefficient (Wildman–Crippen LogP) is 5.64. The molecule has 0 bridgehead atoms. The molecule has 0 aliphatic heterocycles. The number of hydrogen-bond acceptors (Lipinski definition) is 5. The van der Waals surface area contributed by atoms with Crippen LogP contribution in [0.1, 0.15) is 49.3 Å². The van der Waals surface area contributed by atoms with Gasteiger partial charge < -0.3 is 15.0 Å². The second kappa shape index (κ2) is 13.6. The first kappa shape index (κ1) is 31.4. The minimum Gasteiger partial charge on any atom is -0.495 e. The van der Waals surface area contributed by atoms with Crippen molar-refractivity contribution in [2.24, 2.45) is 0 Å². The molecule has 224 valence electrons. The fourth-order valence-corrected chi connectivity index (χ4v) is 6.74. The van der Waals surface area contributed by atoms with E-state index in [2.05, 4.69) is 5.32 Å². The quantitative estimate of drug-likeness (QED) is 0.303. The molecule has 0 radical (unpaired) electrons. The van der Waals surface area contributed by atoms with E-state index in [0.717, 1.165) is 41.1 Å². The molecule has 2 amide bonds. The van der Waals surface area contributed by atoms with Gasteiger partial charge in [0.25, 0.3) is 10.0 Å². The first-order chi connectivity index (χ1) is 20.0. The van der Waals surface area contributed by atoms with Crippen LogP contribution in [0.3, 0.4) is 0 Å². The van der Waals surface area contributed by atoms with Gasteiger partial charge in [-0.1, -0.05) is 66.4 Å². The fourth-order valence-electron chi connectivity index (χ4n) is 5.13. The van der Waals surface area contributed by atoms with Gasteiger partial charge in [-0.3, -0.25) is 13.9 Å². The fraction of sp³-hybridized carbons (Fsp3) is 0.375. The van der Waals surface area contributed by atoms with Gasteiger partial charge in [0.05, 0.1) is 17.7 Å². The third kappa shape index (κ3) is 7.25. The normalized spacial score (nSPS) is 14.3.